The summed E-state index contributed by atoms with van der Waals surface area (Å²) in [4.78, 5) is 14.2. The molecule has 1 aliphatic heterocycles. The molecule has 0 saturated carbocycles. The van der Waals surface area contributed by atoms with Gasteiger partial charge in [0.15, 0.2) is 0 Å². The van der Waals surface area contributed by atoms with Crippen molar-refractivity contribution >= 4 is 17.5 Å². The predicted molar refractivity (Wildman–Crippen MR) is 81.8 cm³/mol. The third kappa shape index (κ3) is 4.97. The molecular formula is C15H21ClN2O3. The molecule has 1 aliphatic rings. The molecule has 6 heteroatoms. The van der Waals surface area contributed by atoms with Gasteiger partial charge in [-0.25, -0.2) is 0 Å². The van der Waals surface area contributed by atoms with Crippen molar-refractivity contribution in [2.45, 2.75) is 13.0 Å². The van der Waals surface area contributed by atoms with E-state index in [1.165, 1.54) is 0 Å². The fourth-order valence-corrected chi connectivity index (χ4v) is 2.56. The lowest BCUT2D eigenvalue weighted by molar-refractivity contribution is 0.0149. The number of benzene rings is 1. The zero-order valence-corrected chi connectivity index (χ0v) is 12.9. The Hall–Kier alpha value is -1.14. The van der Waals surface area contributed by atoms with Gasteiger partial charge in [0.05, 0.1) is 19.3 Å². The van der Waals surface area contributed by atoms with E-state index in [9.17, 15) is 9.90 Å². The van der Waals surface area contributed by atoms with Crippen LogP contribution in [0.3, 0.4) is 0 Å². The lowest BCUT2D eigenvalue weighted by Gasteiger charge is -2.28. The van der Waals surface area contributed by atoms with Crippen molar-refractivity contribution < 1.29 is 14.6 Å². The maximum atomic E-state index is 12.1. The zero-order chi connectivity index (χ0) is 15.2. The molecule has 0 radical (unpaired) electrons. The maximum absolute atomic E-state index is 12.1. The minimum atomic E-state index is -0.584. The highest BCUT2D eigenvalue weighted by Gasteiger charge is 2.16. The highest BCUT2D eigenvalue weighted by molar-refractivity contribution is 6.30. The summed E-state index contributed by atoms with van der Waals surface area (Å²) in [6, 6.07) is 5.13. The minimum absolute atomic E-state index is 0.190. The average Bonchev–Trinajstić information content (AvgIpc) is 2.46. The van der Waals surface area contributed by atoms with Crippen LogP contribution in [-0.4, -0.2) is 61.4 Å². The van der Waals surface area contributed by atoms with Gasteiger partial charge in [0.1, 0.15) is 0 Å². The van der Waals surface area contributed by atoms with E-state index in [2.05, 4.69) is 10.2 Å². The summed E-state index contributed by atoms with van der Waals surface area (Å²) in [6.45, 7) is 5.65. The van der Waals surface area contributed by atoms with Crippen LogP contribution in [0.2, 0.25) is 5.02 Å². The Morgan fingerprint density at radius 1 is 1.48 bits per heavy atom. The van der Waals surface area contributed by atoms with Crippen LogP contribution in [-0.2, 0) is 4.74 Å². The third-order valence-corrected chi connectivity index (χ3v) is 3.74. The van der Waals surface area contributed by atoms with E-state index >= 15 is 0 Å². The van der Waals surface area contributed by atoms with E-state index in [1.54, 1.807) is 18.2 Å². The quantitative estimate of drug-likeness (QED) is 0.854. The zero-order valence-electron chi connectivity index (χ0n) is 12.1. The van der Waals surface area contributed by atoms with Gasteiger partial charge in [-0.1, -0.05) is 11.6 Å². The minimum Gasteiger partial charge on any atom is -0.390 e. The molecule has 2 N–H and O–H groups in total. The fourth-order valence-electron chi connectivity index (χ4n) is 2.33. The number of halogens is 1. The summed E-state index contributed by atoms with van der Waals surface area (Å²) in [5.41, 5.74) is 1.40. The van der Waals surface area contributed by atoms with Gasteiger partial charge in [0, 0.05) is 36.8 Å². The van der Waals surface area contributed by atoms with Crippen LogP contribution >= 0.6 is 11.6 Å². The molecule has 1 aromatic rings. The molecule has 0 bridgehead atoms. The summed E-state index contributed by atoms with van der Waals surface area (Å²) >= 11 is 5.87. The molecule has 0 aliphatic carbocycles. The first kappa shape index (κ1) is 16.2. The van der Waals surface area contributed by atoms with Crippen LogP contribution in [0.15, 0.2) is 18.2 Å². The molecule has 0 spiro atoms. The number of β-amino-alcohol motifs (C(OH)–C–C–N with tert-alkyl or cyclic N) is 1. The third-order valence-electron chi connectivity index (χ3n) is 3.50. The van der Waals surface area contributed by atoms with Crippen LogP contribution < -0.4 is 5.32 Å². The molecule has 1 saturated heterocycles. The van der Waals surface area contributed by atoms with Gasteiger partial charge in [-0.15, -0.1) is 0 Å². The van der Waals surface area contributed by atoms with Crippen LogP contribution in [0.25, 0.3) is 0 Å². The fraction of sp³-hybridized carbons (Fsp3) is 0.533. The van der Waals surface area contributed by atoms with Gasteiger partial charge < -0.3 is 15.2 Å². The van der Waals surface area contributed by atoms with Gasteiger partial charge in [-0.3, -0.25) is 9.69 Å². The number of hydrogen-bond donors (Lipinski definition) is 2. The number of aliphatic hydroxyl groups excluding tert-OH is 1. The van der Waals surface area contributed by atoms with E-state index in [1.807, 2.05) is 6.92 Å². The van der Waals surface area contributed by atoms with Crippen molar-refractivity contribution in [2.75, 3.05) is 39.4 Å². The monoisotopic (exact) mass is 312 g/mol. The largest absolute Gasteiger partial charge is 0.390 e. The standard InChI is InChI=1S/C15H21ClN2O3/c1-11-8-12(16)2-3-14(11)15(20)17-9-13(19)10-18-4-6-21-7-5-18/h2-3,8,13,19H,4-7,9-10H2,1H3,(H,17,20)/t13-/m0/s1. The van der Waals surface area contributed by atoms with Crippen molar-refractivity contribution in [1.82, 2.24) is 10.2 Å². The number of aliphatic hydroxyl groups is 1. The number of carbonyl (C=O) groups is 1. The molecule has 1 heterocycles. The number of nitrogens with one attached hydrogen (secondary N) is 1. The Labute approximate surface area is 129 Å². The lowest BCUT2D eigenvalue weighted by Crippen LogP contribution is -2.44. The molecule has 1 atom stereocenters. The molecule has 116 valence electrons. The van der Waals surface area contributed by atoms with E-state index in [-0.39, 0.29) is 12.5 Å². The number of carbonyl (C=O) groups excluding carboxylic acids is 1. The van der Waals surface area contributed by atoms with Crippen LogP contribution in [0, 0.1) is 6.92 Å². The molecule has 1 amide bonds. The Morgan fingerprint density at radius 3 is 2.86 bits per heavy atom. The molecule has 21 heavy (non-hydrogen) atoms. The van der Waals surface area contributed by atoms with Gasteiger partial charge in [0.2, 0.25) is 0 Å². The summed E-state index contributed by atoms with van der Waals surface area (Å²) in [5.74, 6) is -0.190. The van der Waals surface area contributed by atoms with E-state index in [0.717, 1.165) is 18.7 Å². The van der Waals surface area contributed by atoms with E-state index in [4.69, 9.17) is 16.3 Å². The number of ether oxygens (including phenoxy) is 1. The molecule has 1 aromatic carbocycles. The SMILES string of the molecule is Cc1cc(Cl)ccc1C(=O)NC[C@H](O)CN1CCOCC1. The first-order valence-corrected chi connectivity index (χ1v) is 7.46. The Morgan fingerprint density at radius 2 is 2.19 bits per heavy atom. The number of amides is 1. The van der Waals surface area contributed by atoms with Crippen molar-refractivity contribution in [3.05, 3.63) is 34.3 Å². The van der Waals surface area contributed by atoms with E-state index < -0.39 is 6.10 Å². The van der Waals surface area contributed by atoms with Crippen LogP contribution in [0.4, 0.5) is 0 Å². The summed E-state index contributed by atoms with van der Waals surface area (Å²) in [7, 11) is 0. The lowest BCUT2D eigenvalue weighted by atomic mass is 10.1. The second-order valence-corrected chi connectivity index (χ2v) is 5.67. The Bertz CT molecular complexity index is 490. The number of aryl methyl sites for hydroxylation is 1. The number of rotatable bonds is 5. The molecule has 0 unspecified atom stereocenters. The summed E-state index contributed by atoms with van der Waals surface area (Å²) < 4.78 is 5.26. The molecular weight excluding hydrogens is 292 g/mol. The highest BCUT2D eigenvalue weighted by Crippen LogP contribution is 2.15. The molecule has 1 fully saturated rings. The smallest absolute Gasteiger partial charge is 0.251 e. The van der Waals surface area contributed by atoms with Crippen molar-refractivity contribution in [3.63, 3.8) is 0 Å². The number of nitrogens with zero attached hydrogens (tertiary/aromatic N) is 1. The highest BCUT2D eigenvalue weighted by atomic mass is 35.5. The normalized spacial score (nSPS) is 17.5. The van der Waals surface area contributed by atoms with E-state index in [0.29, 0.717) is 30.3 Å². The van der Waals surface area contributed by atoms with Gasteiger partial charge >= 0.3 is 0 Å². The van der Waals surface area contributed by atoms with Crippen molar-refractivity contribution in [2.24, 2.45) is 0 Å². The number of morpholine rings is 1. The van der Waals surface area contributed by atoms with Crippen molar-refractivity contribution in [3.8, 4) is 0 Å². The molecule has 5 nitrogen and oxygen atoms in total. The summed E-state index contributed by atoms with van der Waals surface area (Å²) in [6.07, 6.45) is -0.584. The second-order valence-electron chi connectivity index (χ2n) is 5.24. The van der Waals surface area contributed by atoms with Gasteiger partial charge in [0.25, 0.3) is 5.91 Å². The Balaban J connectivity index is 1.80. The predicted octanol–water partition coefficient (Wildman–Crippen LogP) is 1.07. The average molecular weight is 313 g/mol. The summed E-state index contributed by atoms with van der Waals surface area (Å²) in [5, 5.41) is 13.4. The van der Waals surface area contributed by atoms with Gasteiger partial charge in [-0.2, -0.15) is 0 Å². The maximum Gasteiger partial charge on any atom is 0.251 e. The van der Waals surface area contributed by atoms with Crippen LogP contribution in [0.1, 0.15) is 15.9 Å². The topological polar surface area (TPSA) is 61.8 Å². The number of hydrogen-bond acceptors (Lipinski definition) is 4. The molecule has 0 aromatic heterocycles. The van der Waals surface area contributed by atoms with Crippen molar-refractivity contribution in [1.29, 1.82) is 0 Å². The van der Waals surface area contributed by atoms with Gasteiger partial charge in [-0.05, 0) is 30.7 Å². The first-order chi connectivity index (χ1) is 10.1. The molecule has 2 rings (SSSR count). The van der Waals surface area contributed by atoms with Crippen LogP contribution in [0.5, 0.6) is 0 Å². The second kappa shape index (κ2) is 7.75. The Kier molecular flexibility index (Phi) is 5.99. The first-order valence-electron chi connectivity index (χ1n) is 7.09.